The van der Waals surface area contributed by atoms with Gasteiger partial charge in [-0.15, -0.1) is 0 Å². The number of benzene rings is 2. The van der Waals surface area contributed by atoms with Crippen LogP contribution in [0.3, 0.4) is 0 Å². The summed E-state index contributed by atoms with van der Waals surface area (Å²) in [7, 11) is 0. The Labute approximate surface area is 158 Å². The molecule has 1 heteroatoms. The lowest BCUT2D eigenvalue weighted by Crippen LogP contribution is -2.04. The van der Waals surface area contributed by atoms with Gasteiger partial charge in [-0.2, -0.15) is 0 Å². The fourth-order valence-electron chi connectivity index (χ4n) is 3.06. The Bertz CT molecular complexity index is 864. The summed E-state index contributed by atoms with van der Waals surface area (Å²) < 4.78 is 0. The number of rotatable bonds is 4. The molecule has 0 saturated heterocycles. The van der Waals surface area contributed by atoms with E-state index >= 15 is 0 Å². The summed E-state index contributed by atoms with van der Waals surface area (Å²) >= 11 is 0. The van der Waals surface area contributed by atoms with Crippen LogP contribution in [0.15, 0.2) is 90.0 Å². The van der Waals surface area contributed by atoms with E-state index in [4.69, 9.17) is 5.73 Å². The first-order chi connectivity index (χ1) is 12.6. The lowest BCUT2D eigenvalue weighted by molar-refractivity contribution is 1.24. The first kappa shape index (κ1) is 19.5. The van der Waals surface area contributed by atoms with Crippen LogP contribution in [0.1, 0.15) is 43.9 Å². The van der Waals surface area contributed by atoms with Crippen molar-refractivity contribution in [1.29, 1.82) is 0 Å². The minimum absolute atomic E-state index is 0.812. The first-order valence-corrected chi connectivity index (χ1v) is 9.25. The van der Waals surface area contributed by atoms with Crippen LogP contribution in [0, 0.1) is 6.92 Å². The molecular weight excluding hydrogens is 314 g/mol. The van der Waals surface area contributed by atoms with E-state index in [9.17, 15) is 0 Å². The lowest BCUT2D eigenvalue weighted by atomic mass is 9.92. The molecule has 0 aromatic heterocycles. The van der Waals surface area contributed by atoms with Gasteiger partial charge in [0.15, 0.2) is 0 Å². The molecular formula is C25H29N. The van der Waals surface area contributed by atoms with Gasteiger partial charge < -0.3 is 5.73 Å². The minimum atomic E-state index is 0.812. The lowest BCUT2D eigenvalue weighted by Gasteiger charge is -2.14. The van der Waals surface area contributed by atoms with Gasteiger partial charge in [0.2, 0.25) is 0 Å². The van der Waals surface area contributed by atoms with Crippen LogP contribution < -0.4 is 5.73 Å². The quantitative estimate of drug-likeness (QED) is 0.616. The molecule has 0 spiro atoms. The second kappa shape index (κ2) is 9.05. The number of hydrogen-bond donors (Lipinski definition) is 1. The maximum Gasteiger partial charge on any atom is 0.0425 e. The van der Waals surface area contributed by atoms with Crippen LogP contribution in [0.2, 0.25) is 0 Å². The van der Waals surface area contributed by atoms with Crippen LogP contribution >= 0.6 is 0 Å². The van der Waals surface area contributed by atoms with E-state index in [1.807, 2.05) is 32.0 Å². The van der Waals surface area contributed by atoms with Crippen molar-refractivity contribution in [2.24, 2.45) is 5.73 Å². The SMILES string of the molecule is C=C(C1=CC=C(c2ccccc2)C1)/C(C)=C(\N)c1ccccc1C.CC. The van der Waals surface area contributed by atoms with Crippen molar-refractivity contribution in [1.82, 2.24) is 0 Å². The van der Waals surface area contributed by atoms with Gasteiger partial charge in [0.1, 0.15) is 0 Å². The molecule has 2 aromatic rings. The van der Waals surface area contributed by atoms with Crippen molar-refractivity contribution < 1.29 is 0 Å². The van der Waals surface area contributed by atoms with Crippen molar-refractivity contribution in [3.63, 3.8) is 0 Å². The third-order valence-electron chi connectivity index (χ3n) is 4.69. The molecule has 1 nitrogen and oxygen atoms in total. The molecule has 134 valence electrons. The highest BCUT2D eigenvalue weighted by molar-refractivity contribution is 5.78. The fraction of sp³-hybridized carbons (Fsp3) is 0.200. The van der Waals surface area contributed by atoms with Gasteiger partial charge in [-0.05, 0) is 53.7 Å². The van der Waals surface area contributed by atoms with E-state index in [1.165, 1.54) is 22.3 Å². The highest BCUT2D eigenvalue weighted by Gasteiger charge is 2.16. The van der Waals surface area contributed by atoms with E-state index in [1.54, 1.807) is 0 Å². The van der Waals surface area contributed by atoms with Gasteiger partial charge in [0.05, 0.1) is 0 Å². The summed E-state index contributed by atoms with van der Waals surface area (Å²) in [5.74, 6) is 0. The first-order valence-electron chi connectivity index (χ1n) is 9.25. The maximum atomic E-state index is 6.43. The molecule has 1 aliphatic carbocycles. The predicted molar refractivity (Wildman–Crippen MR) is 116 cm³/mol. The zero-order valence-electron chi connectivity index (χ0n) is 16.3. The van der Waals surface area contributed by atoms with Crippen LogP contribution in [0.4, 0.5) is 0 Å². The molecule has 0 atom stereocenters. The monoisotopic (exact) mass is 343 g/mol. The van der Waals surface area contributed by atoms with E-state index < -0.39 is 0 Å². The molecule has 2 aromatic carbocycles. The van der Waals surface area contributed by atoms with E-state index in [0.717, 1.165) is 28.8 Å². The molecule has 0 aliphatic heterocycles. The highest BCUT2D eigenvalue weighted by atomic mass is 14.6. The predicted octanol–water partition coefficient (Wildman–Crippen LogP) is 6.68. The molecule has 26 heavy (non-hydrogen) atoms. The number of aryl methyl sites for hydroxylation is 1. The fourth-order valence-corrected chi connectivity index (χ4v) is 3.06. The van der Waals surface area contributed by atoms with Gasteiger partial charge >= 0.3 is 0 Å². The van der Waals surface area contributed by atoms with Crippen LogP contribution in [0.5, 0.6) is 0 Å². The summed E-state index contributed by atoms with van der Waals surface area (Å²) in [6.45, 7) is 12.4. The molecule has 0 bridgehead atoms. The average molecular weight is 344 g/mol. The Hall–Kier alpha value is -2.80. The molecule has 3 rings (SSSR count). The normalized spacial score (nSPS) is 13.8. The Balaban J connectivity index is 0.00000117. The van der Waals surface area contributed by atoms with Crippen molar-refractivity contribution in [2.45, 2.75) is 34.1 Å². The highest BCUT2D eigenvalue weighted by Crippen LogP contribution is 2.35. The summed E-state index contributed by atoms with van der Waals surface area (Å²) in [5, 5.41) is 0. The van der Waals surface area contributed by atoms with Gasteiger partial charge in [-0.1, -0.05) is 87.2 Å². The van der Waals surface area contributed by atoms with Crippen molar-refractivity contribution in [3.05, 3.63) is 107 Å². The van der Waals surface area contributed by atoms with Gasteiger partial charge in [-0.25, -0.2) is 0 Å². The Morgan fingerprint density at radius 2 is 1.54 bits per heavy atom. The maximum absolute atomic E-state index is 6.43. The topological polar surface area (TPSA) is 26.0 Å². The molecule has 0 amide bonds. The van der Waals surface area contributed by atoms with Crippen LogP contribution in [-0.4, -0.2) is 0 Å². The second-order valence-corrected chi connectivity index (χ2v) is 6.26. The Morgan fingerprint density at radius 1 is 0.923 bits per heavy atom. The van der Waals surface area contributed by atoms with Crippen LogP contribution in [-0.2, 0) is 0 Å². The molecule has 0 radical (unpaired) electrons. The largest absolute Gasteiger partial charge is 0.398 e. The third-order valence-corrected chi connectivity index (χ3v) is 4.69. The molecule has 0 saturated carbocycles. The number of nitrogens with two attached hydrogens (primary N) is 1. The minimum Gasteiger partial charge on any atom is -0.398 e. The standard InChI is InChI=1S/C23H23N.C2H6/c1-16-9-7-8-12-22(16)23(24)18(3)17(2)20-13-14-21(15-20)19-10-5-4-6-11-19;1-2/h4-14H,2,15,24H2,1,3H3;1-2H3/b23-18-;. The van der Waals surface area contributed by atoms with Crippen molar-refractivity contribution >= 4 is 11.3 Å². The second-order valence-electron chi connectivity index (χ2n) is 6.26. The summed E-state index contributed by atoms with van der Waals surface area (Å²) in [6, 6.07) is 18.7. The zero-order valence-corrected chi connectivity index (χ0v) is 16.3. The third kappa shape index (κ3) is 4.23. The van der Waals surface area contributed by atoms with Crippen LogP contribution in [0.25, 0.3) is 11.3 Å². The molecule has 2 N–H and O–H groups in total. The van der Waals surface area contributed by atoms with E-state index in [-0.39, 0.29) is 0 Å². The molecule has 0 fully saturated rings. The molecule has 1 aliphatic rings. The number of allylic oxidation sites excluding steroid dienone is 6. The average Bonchev–Trinajstić information content (AvgIpc) is 3.19. The van der Waals surface area contributed by atoms with E-state index in [2.05, 4.69) is 69.0 Å². The van der Waals surface area contributed by atoms with Crippen molar-refractivity contribution in [2.75, 3.05) is 0 Å². The van der Waals surface area contributed by atoms with Crippen molar-refractivity contribution in [3.8, 4) is 0 Å². The van der Waals surface area contributed by atoms with Gasteiger partial charge in [0.25, 0.3) is 0 Å². The Kier molecular flexibility index (Phi) is 6.80. The summed E-state index contributed by atoms with van der Waals surface area (Å²) in [6.07, 6.45) is 5.26. The molecule has 0 heterocycles. The summed E-state index contributed by atoms with van der Waals surface area (Å²) in [4.78, 5) is 0. The smallest absolute Gasteiger partial charge is 0.0425 e. The van der Waals surface area contributed by atoms with Gasteiger partial charge in [0, 0.05) is 11.3 Å². The molecule has 0 unspecified atom stereocenters. The van der Waals surface area contributed by atoms with Gasteiger partial charge in [-0.3, -0.25) is 0 Å². The summed E-state index contributed by atoms with van der Waals surface area (Å²) in [5.41, 5.74) is 15.4. The zero-order chi connectivity index (χ0) is 19.1. The number of hydrogen-bond acceptors (Lipinski definition) is 1. The van der Waals surface area contributed by atoms with E-state index in [0.29, 0.717) is 0 Å². The Morgan fingerprint density at radius 3 is 2.19 bits per heavy atom.